The fourth-order valence-corrected chi connectivity index (χ4v) is 2.13. The van der Waals surface area contributed by atoms with E-state index in [2.05, 4.69) is 20.5 Å². The molecule has 0 aliphatic heterocycles. The van der Waals surface area contributed by atoms with Crippen LogP contribution in [0.1, 0.15) is 49.1 Å². The number of nitrogens with one attached hydrogen (secondary N) is 2. The van der Waals surface area contributed by atoms with Gasteiger partial charge in [-0.3, -0.25) is 9.89 Å². The van der Waals surface area contributed by atoms with Crippen LogP contribution in [0.2, 0.25) is 0 Å². The predicted octanol–water partition coefficient (Wildman–Crippen LogP) is 0.367. The van der Waals surface area contributed by atoms with Gasteiger partial charge in [-0.1, -0.05) is 19.8 Å². The van der Waals surface area contributed by atoms with E-state index in [4.69, 9.17) is 5.73 Å². The molecule has 0 spiro atoms. The van der Waals surface area contributed by atoms with E-state index in [-0.39, 0.29) is 23.8 Å². The molecule has 1 aromatic rings. The van der Waals surface area contributed by atoms with Gasteiger partial charge in [0.1, 0.15) is 5.82 Å². The Kier molecular flexibility index (Phi) is 3.73. The topological polar surface area (TPSA) is 96.7 Å². The number of aryl methyl sites for hydroxylation is 1. The molecular weight excluding hydrogens is 218 g/mol. The number of hydrogen-bond acceptors (Lipinski definition) is 4. The van der Waals surface area contributed by atoms with Gasteiger partial charge in [0.2, 0.25) is 5.82 Å². The van der Waals surface area contributed by atoms with Gasteiger partial charge in [-0.2, -0.15) is 0 Å². The summed E-state index contributed by atoms with van der Waals surface area (Å²) in [5.41, 5.74) is 5.97. The second-order valence-electron chi connectivity index (χ2n) is 4.49. The van der Waals surface area contributed by atoms with E-state index in [1.165, 1.54) is 0 Å². The summed E-state index contributed by atoms with van der Waals surface area (Å²) in [7, 11) is 0. The molecule has 0 radical (unpaired) electrons. The van der Waals surface area contributed by atoms with Crippen molar-refractivity contribution in [3.63, 3.8) is 0 Å². The Morgan fingerprint density at radius 2 is 2.29 bits per heavy atom. The van der Waals surface area contributed by atoms with E-state index in [1.54, 1.807) is 0 Å². The lowest BCUT2D eigenvalue weighted by Gasteiger charge is -2.28. The van der Waals surface area contributed by atoms with Crippen molar-refractivity contribution in [1.82, 2.24) is 20.5 Å². The summed E-state index contributed by atoms with van der Waals surface area (Å²) in [5.74, 6) is 0.700. The molecule has 1 heterocycles. The molecule has 1 fully saturated rings. The second kappa shape index (κ2) is 5.27. The lowest BCUT2D eigenvalue weighted by molar-refractivity contribution is 0.0911. The Balaban J connectivity index is 1.96. The Hall–Kier alpha value is -1.43. The minimum absolute atomic E-state index is 0.0530. The zero-order valence-electron chi connectivity index (χ0n) is 10.1. The Morgan fingerprint density at radius 1 is 1.53 bits per heavy atom. The zero-order valence-corrected chi connectivity index (χ0v) is 10.1. The number of hydrogen-bond donors (Lipinski definition) is 3. The van der Waals surface area contributed by atoms with Crippen molar-refractivity contribution in [3.05, 3.63) is 11.6 Å². The van der Waals surface area contributed by atoms with Crippen molar-refractivity contribution in [2.24, 2.45) is 5.73 Å². The molecule has 17 heavy (non-hydrogen) atoms. The average Bonchev–Trinajstić information content (AvgIpc) is 2.81. The quantitative estimate of drug-likeness (QED) is 0.707. The van der Waals surface area contributed by atoms with Crippen LogP contribution in [0.25, 0.3) is 0 Å². The lowest BCUT2D eigenvalue weighted by Crippen LogP contribution is -2.49. The first-order valence-corrected chi connectivity index (χ1v) is 6.18. The summed E-state index contributed by atoms with van der Waals surface area (Å²) >= 11 is 0. The van der Waals surface area contributed by atoms with Crippen LogP contribution in [0.4, 0.5) is 0 Å². The van der Waals surface area contributed by atoms with Crippen molar-refractivity contribution in [3.8, 4) is 0 Å². The van der Waals surface area contributed by atoms with E-state index in [9.17, 15) is 4.79 Å². The average molecular weight is 237 g/mol. The highest BCUT2D eigenvalue weighted by atomic mass is 16.2. The van der Waals surface area contributed by atoms with Gasteiger partial charge in [0.05, 0.1) is 0 Å². The molecular formula is C11H19N5O. The maximum atomic E-state index is 11.9. The zero-order chi connectivity index (χ0) is 12.3. The predicted molar refractivity (Wildman–Crippen MR) is 63.5 cm³/mol. The summed E-state index contributed by atoms with van der Waals surface area (Å²) in [6, 6.07) is 0.108. The van der Waals surface area contributed by atoms with E-state index >= 15 is 0 Å². The van der Waals surface area contributed by atoms with Crippen molar-refractivity contribution in [2.45, 2.75) is 51.1 Å². The number of aromatic nitrogens is 3. The molecule has 0 aromatic carbocycles. The number of carbonyl (C=O) groups is 1. The number of aromatic amines is 1. The summed E-state index contributed by atoms with van der Waals surface area (Å²) in [6.07, 6.45) is 4.92. The van der Waals surface area contributed by atoms with Crippen molar-refractivity contribution in [1.29, 1.82) is 0 Å². The molecule has 2 atom stereocenters. The molecule has 0 bridgehead atoms. The first-order valence-electron chi connectivity index (χ1n) is 6.18. The molecule has 1 saturated carbocycles. The molecule has 0 saturated heterocycles. The largest absolute Gasteiger partial charge is 0.345 e. The number of nitrogens with two attached hydrogens (primary N) is 1. The van der Waals surface area contributed by atoms with Crippen LogP contribution >= 0.6 is 0 Å². The number of carbonyl (C=O) groups excluding carboxylic acids is 1. The fourth-order valence-electron chi connectivity index (χ4n) is 2.13. The smallest absolute Gasteiger partial charge is 0.291 e. The maximum absolute atomic E-state index is 11.9. The maximum Gasteiger partial charge on any atom is 0.291 e. The molecule has 0 unspecified atom stereocenters. The third-order valence-electron chi connectivity index (χ3n) is 3.21. The van der Waals surface area contributed by atoms with Crippen LogP contribution in [0.5, 0.6) is 0 Å². The van der Waals surface area contributed by atoms with Crippen molar-refractivity contribution >= 4 is 5.91 Å². The molecule has 6 nitrogen and oxygen atoms in total. The number of amides is 1. The van der Waals surface area contributed by atoms with Crippen LogP contribution in [0, 0.1) is 0 Å². The van der Waals surface area contributed by atoms with Crippen LogP contribution in [0.3, 0.4) is 0 Å². The summed E-state index contributed by atoms with van der Waals surface area (Å²) in [4.78, 5) is 16.0. The van der Waals surface area contributed by atoms with Gasteiger partial charge in [-0.05, 0) is 12.8 Å². The standard InChI is InChI=1S/C11H19N5O/c1-2-9-14-10(16-15-9)11(17)13-8-6-4-3-5-7(8)12/h7-8H,2-6,12H2,1H3,(H,13,17)(H,14,15,16)/t7-,8-/m1/s1. The molecule has 4 N–H and O–H groups in total. The SMILES string of the molecule is CCc1nc(C(=O)N[C@@H]2CCCC[C@H]2N)n[nH]1. The number of nitrogens with zero attached hydrogens (tertiary/aromatic N) is 2. The van der Waals surface area contributed by atoms with Gasteiger partial charge >= 0.3 is 0 Å². The van der Waals surface area contributed by atoms with E-state index < -0.39 is 0 Å². The number of H-pyrrole nitrogens is 1. The molecule has 1 aromatic heterocycles. The van der Waals surface area contributed by atoms with Crippen LogP contribution in [-0.4, -0.2) is 33.2 Å². The van der Waals surface area contributed by atoms with Gasteiger partial charge in [-0.15, -0.1) is 5.10 Å². The van der Waals surface area contributed by atoms with Crippen LogP contribution < -0.4 is 11.1 Å². The Labute approximate surface area is 100 Å². The highest BCUT2D eigenvalue weighted by molar-refractivity contribution is 5.90. The minimum atomic E-state index is -0.233. The fraction of sp³-hybridized carbons (Fsp3) is 0.727. The summed E-state index contributed by atoms with van der Waals surface area (Å²) in [5, 5.41) is 9.53. The van der Waals surface area contributed by atoms with Crippen LogP contribution in [0.15, 0.2) is 0 Å². The molecule has 2 rings (SSSR count). The minimum Gasteiger partial charge on any atom is -0.345 e. The van der Waals surface area contributed by atoms with E-state index in [1.807, 2.05) is 6.92 Å². The number of rotatable bonds is 3. The third-order valence-corrected chi connectivity index (χ3v) is 3.21. The van der Waals surface area contributed by atoms with Gasteiger partial charge in [0.25, 0.3) is 5.91 Å². The molecule has 6 heteroatoms. The first-order chi connectivity index (χ1) is 8.20. The highest BCUT2D eigenvalue weighted by Crippen LogP contribution is 2.17. The monoisotopic (exact) mass is 237 g/mol. The van der Waals surface area contributed by atoms with Gasteiger partial charge in [0, 0.05) is 18.5 Å². The Bertz CT molecular complexity index is 389. The third kappa shape index (κ3) is 2.82. The Morgan fingerprint density at radius 3 is 2.94 bits per heavy atom. The summed E-state index contributed by atoms with van der Waals surface area (Å²) < 4.78 is 0. The summed E-state index contributed by atoms with van der Waals surface area (Å²) in [6.45, 7) is 1.96. The van der Waals surface area contributed by atoms with Crippen molar-refractivity contribution < 1.29 is 4.79 Å². The van der Waals surface area contributed by atoms with Gasteiger partial charge in [-0.25, -0.2) is 4.98 Å². The lowest BCUT2D eigenvalue weighted by atomic mass is 9.91. The van der Waals surface area contributed by atoms with E-state index in [0.29, 0.717) is 0 Å². The highest BCUT2D eigenvalue weighted by Gasteiger charge is 2.24. The first kappa shape index (κ1) is 12.0. The van der Waals surface area contributed by atoms with Crippen molar-refractivity contribution in [2.75, 3.05) is 0 Å². The molecule has 1 amide bonds. The van der Waals surface area contributed by atoms with Crippen LogP contribution in [-0.2, 0) is 6.42 Å². The van der Waals surface area contributed by atoms with Gasteiger partial charge < -0.3 is 11.1 Å². The van der Waals surface area contributed by atoms with E-state index in [0.717, 1.165) is 37.9 Å². The second-order valence-corrected chi connectivity index (χ2v) is 4.49. The molecule has 1 aliphatic rings. The normalized spacial score (nSPS) is 24.6. The van der Waals surface area contributed by atoms with Gasteiger partial charge in [0.15, 0.2) is 0 Å². The molecule has 1 aliphatic carbocycles. The molecule has 94 valence electrons.